The standard InChI is InChI=1S/C21H15F3N4O3/c22-12-2-3-13(23)20-18(12)17-11(9-30-20)19(17)28-21(29)27-16-4-1-10(7-26-16)31-15-5-6-25-8-14(15)24/h1-8,11,17,19H,9H2,(H2,26,27,28,29)/t11-,17-,19?/m0/s1. The van der Waals surface area contributed by atoms with Crippen LogP contribution in [0, 0.1) is 23.4 Å². The van der Waals surface area contributed by atoms with E-state index < -0.39 is 23.5 Å². The van der Waals surface area contributed by atoms with Crippen molar-refractivity contribution in [2.24, 2.45) is 5.92 Å². The summed E-state index contributed by atoms with van der Waals surface area (Å²) in [7, 11) is 0. The van der Waals surface area contributed by atoms with Crippen molar-refractivity contribution in [3.8, 4) is 17.2 Å². The maximum atomic E-state index is 14.2. The smallest absolute Gasteiger partial charge is 0.320 e. The molecule has 3 atom stereocenters. The molecule has 5 rings (SSSR count). The first-order chi connectivity index (χ1) is 15.0. The van der Waals surface area contributed by atoms with Crippen LogP contribution in [-0.4, -0.2) is 28.6 Å². The summed E-state index contributed by atoms with van der Waals surface area (Å²) < 4.78 is 52.4. The van der Waals surface area contributed by atoms with E-state index in [2.05, 4.69) is 20.6 Å². The maximum Gasteiger partial charge on any atom is 0.320 e. The largest absolute Gasteiger partial charge is 0.490 e. The molecule has 2 amide bonds. The molecule has 1 aromatic carbocycles. The van der Waals surface area contributed by atoms with E-state index in [4.69, 9.17) is 9.47 Å². The monoisotopic (exact) mass is 428 g/mol. The van der Waals surface area contributed by atoms with E-state index in [0.29, 0.717) is 0 Å². The summed E-state index contributed by atoms with van der Waals surface area (Å²) in [5.74, 6) is -1.85. The third-order valence-corrected chi connectivity index (χ3v) is 5.26. The molecule has 0 radical (unpaired) electrons. The molecule has 1 fully saturated rings. The first kappa shape index (κ1) is 19.2. The van der Waals surface area contributed by atoms with Crippen molar-refractivity contribution in [3.63, 3.8) is 0 Å². The van der Waals surface area contributed by atoms with Gasteiger partial charge < -0.3 is 14.8 Å². The first-order valence-electron chi connectivity index (χ1n) is 9.43. The number of halogens is 3. The van der Waals surface area contributed by atoms with Gasteiger partial charge in [-0.2, -0.15) is 0 Å². The summed E-state index contributed by atoms with van der Waals surface area (Å²) in [5, 5.41) is 5.31. The van der Waals surface area contributed by atoms with Crippen molar-refractivity contribution >= 4 is 11.8 Å². The molecule has 31 heavy (non-hydrogen) atoms. The zero-order valence-corrected chi connectivity index (χ0v) is 15.8. The maximum absolute atomic E-state index is 14.2. The average Bonchev–Trinajstić information content (AvgIpc) is 3.46. The Morgan fingerprint density at radius 2 is 1.90 bits per heavy atom. The molecule has 0 bridgehead atoms. The molecule has 158 valence electrons. The minimum Gasteiger partial charge on any atom is -0.490 e. The number of carbonyl (C=O) groups excluding carboxylic acids is 1. The van der Waals surface area contributed by atoms with Crippen LogP contribution in [-0.2, 0) is 0 Å². The van der Waals surface area contributed by atoms with Crippen LogP contribution in [0.4, 0.5) is 23.8 Å². The van der Waals surface area contributed by atoms with Gasteiger partial charge in [-0.3, -0.25) is 10.3 Å². The number of hydrogen-bond donors (Lipinski definition) is 2. The Bertz CT molecular complexity index is 1160. The number of carbonyl (C=O) groups is 1. The van der Waals surface area contributed by atoms with E-state index >= 15 is 0 Å². The third kappa shape index (κ3) is 3.60. The van der Waals surface area contributed by atoms with E-state index in [1.54, 1.807) is 0 Å². The van der Waals surface area contributed by atoms with E-state index in [-0.39, 0.29) is 53.1 Å². The van der Waals surface area contributed by atoms with Gasteiger partial charge in [0.15, 0.2) is 23.1 Å². The van der Waals surface area contributed by atoms with Crippen molar-refractivity contribution in [2.45, 2.75) is 12.0 Å². The van der Waals surface area contributed by atoms with Crippen LogP contribution in [0.15, 0.2) is 48.9 Å². The number of pyridine rings is 2. The zero-order chi connectivity index (χ0) is 21.5. The Labute approximate surface area is 174 Å². The number of benzene rings is 1. The quantitative estimate of drug-likeness (QED) is 0.657. The molecule has 0 spiro atoms. The summed E-state index contributed by atoms with van der Waals surface area (Å²) in [5.41, 5.74) is 0.157. The summed E-state index contributed by atoms with van der Waals surface area (Å²) in [6.45, 7) is 0.193. The fraction of sp³-hybridized carbons (Fsp3) is 0.190. The molecule has 2 N–H and O–H groups in total. The minimum absolute atomic E-state index is 0.00207. The highest BCUT2D eigenvalue weighted by Gasteiger charge is 2.57. The van der Waals surface area contributed by atoms with Gasteiger partial charge in [0.2, 0.25) is 0 Å². The molecule has 1 aliphatic carbocycles. The van der Waals surface area contributed by atoms with E-state index in [0.717, 1.165) is 18.3 Å². The lowest BCUT2D eigenvalue weighted by Gasteiger charge is -2.16. The normalized spacial score (nSPS) is 20.7. The zero-order valence-electron chi connectivity index (χ0n) is 15.8. The van der Waals surface area contributed by atoms with Crippen LogP contribution in [0.1, 0.15) is 11.5 Å². The Hall–Kier alpha value is -3.82. The van der Waals surface area contributed by atoms with E-state index in [1.165, 1.54) is 30.6 Å². The molecule has 2 aromatic heterocycles. The SMILES string of the molecule is O=C(Nc1ccc(Oc2ccncc2F)cn1)NC1[C@H]2COc3c(F)ccc(F)c3[C@@H]12. The first-order valence-corrected chi connectivity index (χ1v) is 9.43. The van der Waals surface area contributed by atoms with Gasteiger partial charge >= 0.3 is 6.03 Å². The number of fused-ring (bicyclic) bond motifs is 3. The fourth-order valence-electron chi connectivity index (χ4n) is 3.75. The molecule has 3 heterocycles. The van der Waals surface area contributed by atoms with Crippen LogP contribution in [0.5, 0.6) is 17.2 Å². The van der Waals surface area contributed by atoms with Crippen LogP contribution < -0.4 is 20.1 Å². The molecular weight excluding hydrogens is 413 g/mol. The van der Waals surface area contributed by atoms with Gasteiger partial charge in [0.1, 0.15) is 17.4 Å². The Balaban J connectivity index is 1.21. The topological polar surface area (TPSA) is 85.4 Å². The molecule has 2 aliphatic rings. The van der Waals surface area contributed by atoms with E-state index in [1.807, 2.05) is 0 Å². The van der Waals surface area contributed by atoms with Crippen LogP contribution in [0.2, 0.25) is 0 Å². The van der Waals surface area contributed by atoms with Crippen molar-refractivity contribution in [1.29, 1.82) is 0 Å². The van der Waals surface area contributed by atoms with Gasteiger partial charge in [-0.05, 0) is 24.3 Å². The predicted octanol–water partition coefficient (Wildman–Crippen LogP) is 3.98. The van der Waals surface area contributed by atoms with Crippen LogP contribution >= 0.6 is 0 Å². The number of hydrogen-bond acceptors (Lipinski definition) is 5. The molecule has 0 saturated heterocycles. The highest BCUT2D eigenvalue weighted by Crippen LogP contribution is 2.55. The number of anilines is 1. The van der Waals surface area contributed by atoms with Crippen LogP contribution in [0.25, 0.3) is 0 Å². The van der Waals surface area contributed by atoms with Crippen LogP contribution in [0.3, 0.4) is 0 Å². The van der Waals surface area contributed by atoms with Gasteiger partial charge in [0, 0.05) is 35.7 Å². The Morgan fingerprint density at radius 3 is 2.68 bits per heavy atom. The molecule has 1 unspecified atom stereocenters. The summed E-state index contributed by atoms with van der Waals surface area (Å²) in [6, 6.07) is 5.53. The minimum atomic E-state index is -0.622. The summed E-state index contributed by atoms with van der Waals surface area (Å²) in [6.07, 6.45) is 3.75. The van der Waals surface area contributed by atoms with Crippen molar-refractivity contribution in [3.05, 3.63) is 71.9 Å². The highest BCUT2D eigenvalue weighted by molar-refractivity contribution is 5.89. The number of nitrogens with one attached hydrogen (secondary N) is 2. The third-order valence-electron chi connectivity index (χ3n) is 5.26. The molecule has 10 heteroatoms. The van der Waals surface area contributed by atoms with Gasteiger partial charge in [0.05, 0.1) is 19.0 Å². The second-order valence-electron chi connectivity index (χ2n) is 7.18. The Morgan fingerprint density at radius 1 is 1.06 bits per heavy atom. The van der Waals surface area contributed by atoms with Gasteiger partial charge in [-0.1, -0.05) is 0 Å². The lowest BCUT2D eigenvalue weighted by molar-refractivity contribution is 0.247. The molecule has 1 aliphatic heterocycles. The molecule has 7 nitrogen and oxygen atoms in total. The Kier molecular flexibility index (Phi) is 4.61. The summed E-state index contributed by atoms with van der Waals surface area (Å²) in [4.78, 5) is 20.0. The van der Waals surface area contributed by atoms with Gasteiger partial charge in [-0.25, -0.2) is 22.9 Å². The van der Waals surface area contributed by atoms with Crippen molar-refractivity contribution in [2.75, 3.05) is 11.9 Å². The number of rotatable bonds is 4. The number of nitrogens with zero attached hydrogens (tertiary/aromatic N) is 2. The number of amides is 2. The van der Waals surface area contributed by atoms with Crippen molar-refractivity contribution in [1.82, 2.24) is 15.3 Å². The molecule has 3 aromatic rings. The fourth-order valence-corrected chi connectivity index (χ4v) is 3.75. The van der Waals surface area contributed by atoms with Gasteiger partial charge in [-0.15, -0.1) is 0 Å². The van der Waals surface area contributed by atoms with E-state index in [9.17, 15) is 18.0 Å². The lowest BCUT2D eigenvalue weighted by atomic mass is 10.0. The average molecular weight is 428 g/mol. The molecule has 1 saturated carbocycles. The second kappa shape index (κ2) is 7.46. The number of urea groups is 1. The lowest BCUT2D eigenvalue weighted by Crippen LogP contribution is -2.32. The van der Waals surface area contributed by atoms with Crippen molar-refractivity contribution < 1.29 is 27.4 Å². The molecular formula is C21H15F3N4O3. The summed E-state index contributed by atoms with van der Waals surface area (Å²) >= 11 is 0. The highest BCUT2D eigenvalue weighted by atomic mass is 19.1. The second-order valence-corrected chi connectivity index (χ2v) is 7.18. The number of ether oxygens (including phenoxy) is 2. The number of aromatic nitrogens is 2. The van der Waals surface area contributed by atoms with Gasteiger partial charge in [0.25, 0.3) is 0 Å². The predicted molar refractivity (Wildman–Crippen MR) is 103 cm³/mol.